The molecule has 0 bridgehead atoms. The van der Waals surface area contributed by atoms with Crippen LogP contribution in [0.25, 0.3) is 0 Å². The van der Waals surface area contributed by atoms with Gasteiger partial charge >= 0.3 is 5.97 Å². The monoisotopic (exact) mass is 271 g/mol. The number of benzene rings is 1. The van der Waals surface area contributed by atoms with Gasteiger partial charge in [0.15, 0.2) is 11.6 Å². The molecule has 0 atom stereocenters. The third kappa shape index (κ3) is 5.94. The first-order valence-electron chi connectivity index (χ1n) is 5.91. The quantitative estimate of drug-likeness (QED) is 0.747. The van der Waals surface area contributed by atoms with E-state index < -0.39 is 17.6 Å². The van der Waals surface area contributed by atoms with Crippen LogP contribution >= 0.6 is 0 Å². The second-order valence-electron chi connectivity index (χ2n) is 4.13. The Morgan fingerprint density at radius 1 is 1.11 bits per heavy atom. The van der Waals surface area contributed by atoms with Crippen molar-refractivity contribution in [1.29, 1.82) is 0 Å². The van der Waals surface area contributed by atoms with E-state index in [0.29, 0.717) is 18.4 Å². The number of rotatable bonds is 7. The maximum absolute atomic E-state index is 12.9. The molecule has 0 saturated heterocycles. The van der Waals surface area contributed by atoms with Crippen LogP contribution < -0.4 is 5.32 Å². The summed E-state index contributed by atoms with van der Waals surface area (Å²) in [5, 5.41) is 11.0. The smallest absolute Gasteiger partial charge is 0.303 e. The third-order valence-corrected chi connectivity index (χ3v) is 2.52. The molecule has 0 fully saturated rings. The SMILES string of the molecule is O=C(O)CCCCC(=O)NCc1ccc(F)c(F)c1. The lowest BCUT2D eigenvalue weighted by Crippen LogP contribution is -2.22. The second-order valence-corrected chi connectivity index (χ2v) is 4.13. The molecule has 0 radical (unpaired) electrons. The number of halogens is 2. The molecule has 104 valence electrons. The Morgan fingerprint density at radius 2 is 1.79 bits per heavy atom. The van der Waals surface area contributed by atoms with Crippen LogP contribution in [0.1, 0.15) is 31.2 Å². The average molecular weight is 271 g/mol. The highest BCUT2D eigenvalue weighted by Gasteiger charge is 2.05. The molecular weight excluding hydrogens is 256 g/mol. The Kier molecular flexibility index (Phi) is 5.92. The van der Waals surface area contributed by atoms with Crippen molar-refractivity contribution < 1.29 is 23.5 Å². The van der Waals surface area contributed by atoms with Crippen LogP contribution in [0.2, 0.25) is 0 Å². The molecule has 0 aromatic heterocycles. The van der Waals surface area contributed by atoms with E-state index in [-0.39, 0.29) is 25.3 Å². The van der Waals surface area contributed by atoms with Crippen LogP contribution in [-0.4, -0.2) is 17.0 Å². The molecule has 1 aromatic carbocycles. The van der Waals surface area contributed by atoms with E-state index in [2.05, 4.69) is 5.32 Å². The molecule has 6 heteroatoms. The van der Waals surface area contributed by atoms with Gasteiger partial charge in [-0.15, -0.1) is 0 Å². The number of carboxylic acid groups (broad SMARTS) is 1. The van der Waals surface area contributed by atoms with Crippen molar-refractivity contribution in [3.63, 3.8) is 0 Å². The Balaban J connectivity index is 2.26. The van der Waals surface area contributed by atoms with E-state index in [1.165, 1.54) is 6.07 Å². The number of aliphatic carboxylic acids is 1. The summed E-state index contributed by atoms with van der Waals surface area (Å²) in [6, 6.07) is 3.42. The number of nitrogens with one attached hydrogen (secondary N) is 1. The van der Waals surface area contributed by atoms with Gasteiger partial charge in [0.2, 0.25) is 5.91 Å². The van der Waals surface area contributed by atoms with Gasteiger partial charge in [-0.1, -0.05) is 6.07 Å². The topological polar surface area (TPSA) is 66.4 Å². The highest BCUT2D eigenvalue weighted by atomic mass is 19.2. The number of carbonyl (C=O) groups is 2. The minimum Gasteiger partial charge on any atom is -0.481 e. The maximum atomic E-state index is 12.9. The van der Waals surface area contributed by atoms with Gasteiger partial charge in [-0.05, 0) is 30.5 Å². The van der Waals surface area contributed by atoms with Crippen molar-refractivity contribution in [2.45, 2.75) is 32.2 Å². The van der Waals surface area contributed by atoms with Gasteiger partial charge in [0, 0.05) is 19.4 Å². The molecule has 0 unspecified atom stereocenters. The van der Waals surface area contributed by atoms with Crippen molar-refractivity contribution in [2.24, 2.45) is 0 Å². The molecule has 0 aliphatic rings. The molecule has 0 aliphatic heterocycles. The van der Waals surface area contributed by atoms with Gasteiger partial charge in [0.1, 0.15) is 0 Å². The van der Waals surface area contributed by atoms with Gasteiger partial charge in [-0.3, -0.25) is 9.59 Å². The summed E-state index contributed by atoms with van der Waals surface area (Å²) in [6.07, 6.45) is 1.18. The van der Waals surface area contributed by atoms with E-state index in [0.717, 1.165) is 12.1 Å². The lowest BCUT2D eigenvalue weighted by molar-refractivity contribution is -0.137. The van der Waals surface area contributed by atoms with Gasteiger partial charge in [0.25, 0.3) is 0 Å². The zero-order chi connectivity index (χ0) is 14.3. The predicted octanol–water partition coefficient (Wildman–Crippen LogP) is 2.23. The van der Waals surface area contributed by atoms with E-state index in [1.807, 2.05) is 0 Å². The Bertz CT molecular complexity index is 463. The molecule has 1 rings (SSSR count). The lowest BCUT2D eigenvalue weighted by Gasteiger charge is -2.05. The number of amides is 1. The predicted molar refractivity (Wildman–Crippen MR) is 64.3 cm³/mol. The van der Waals surface area contributed by atoms with Crippen molar-refractivity contribution >= 4 is 11.9 Å². The second kappa shape index (κ2) is 7.45. The van der Waals surface area contributed by atoms with Crippen molar-refractivity contribution in [3.8, 4) is 0 Å². The molecule has 0 spiro atoms. The van der Waals surface area contributed by atoms with Crippen LogP contribution in [0.3, 0.4) is 0 Å². The molecule has 0 heterocycles. The van der Waals surface area contributed by atoms with Gasteiger partial charge in [-0.2, -0.15) is 0 Å². The summed E-state index contributed by atoms with van der Waals surface area (Å²) >= 11 is 0. The van der Waals surface area contributed by atoms with E-state index in [9.17, 15) is 18.4 Å². The summed E-state index contributed by atoms with van der Waals surface area (Å²) in [6.45, 7) is 0.120. The van der Waals surface area contributed by atoms with Gasteiger partial charge in [0.05, 0.1) is 0 Å². The first-order chi connectivity index (χ1) is 8.99. The van der Waals surface area contributed by atoms with Crippen LogP contribution in [0.5, 0.6) is 0 Å². The zero-order valence-electron chi connectivity index (χ0n) is 10.3. The zero-order valence-corrected chi connectivity index (χ0v) is 10.3. The molecule has 1 amide bonds. The molecular formula is C13H15F2NO3. The number of unbranched alkanes of at least 4 members (excludes halogenated alkanes) is 1. The summed E-state index contributed by atoms with van der Waals surface area (Å²) in [5.74, 6) is -3.01. The minimum atomic E-state index is -0.951. The number of carbonyl (C=O) groups excluding carboxylic acids is 1. The average Bonchev–Trinajstić information content (AvgIpc) is 2.36. The molecule has 4 nitrogen and oxygen atoms in total. The van der Waals surface area contributed by atoms with Gasteiger partial charge < -0.3 is 10.4 Å². The minimum absolute atomic E-state index is 0.0381. The van der Waals surface area contributed by atoms with Crippen LogP contribution in [0.15, 0.2) is 18.2 Å². The summed E-state index contributed by atoms with van der Waals surface area (Å²) in [7, 11) is 0. The molecule has 1 aromatic rings. The summed E-state index contributed by atoms with van der Waals surface area (Å²) in [4.78, 5) is 21.6. The van der Waals surface area contributed by atoms with E-state index >= 15 is 0 Å². The number of hydrogen-bond donors (Lipinski definition) is 2. The fourth-order valence-electron chi connectivity index (χ4n) is 1.50. The molecule has 19 heavy (non-hydrogen) atoms. The highest BCUT2D eigenvalue weighted by molar-refractivity contribution is 5.75. The summed E-state index contributed by atoms with van der Waals surface area (Å²) < 4.78 is 25.5. The highest BCUT2D eigenvalue weighted by Crippen LogP contribution is 2.08. The molecule has 2 N–H and O–H groups in total. The fourth-order valence-corrected chi connectivity index (χ4v) is 1.50. The van der Waals surface area contributed by atoms with E-state index in [1.54, 1.807) is 0 Å². The first kappa shape index (κ1) is 15.1. The van der Waals surface area contributed by atoms with Crippen molar-refractivity contribution in [1.82, 2.24) is 5.32 Å². The van der Waals surface area contributed by atoms with Crippen molar-refractivity contribution in [2.75, 3.05) is 0 Å². The molecule has 0 aliphatic carbocycles. The summed E-state index contributed by atoms with van der Waals surface area (Å²) in [5.41, 5.74) is 0.470. The third-order valence-electron chi connectivity index (χ3n) is 2.52. The lowest BCUT2D eigenvalue weighted by atomic mass is 10.1. The Hall–Kier alpha value is -1.98. The fraction of sp³-hybridized carbons (Fsp3) is 0.385. The number of hydrogen-bond acceptors (Lipinski definition) is 2. The van der Waals surface area contributed by atoms with Crippen molar-refractivity contribution in [3.05, 3.63) is 35.4 Å². The van der Waals surface area contributed by atoms with Crippen LogP contribution in [-0.2, 0) is 16.1 Å². The normalized spacial score (nSPS) is 10.2. The van der Waals surface area contributed by atoms with Crippen LogP contribution in [0, 0.1) is 11.6 Å². The van der Waals surface area contributed by atoms with E-state index in [4.69, 9.17) is 5.11 Å². The Labute approximate surface area is 109 Å². The number of carboxylic acids is 1. The maximum Gasteiger partial charge on any atom is 0.303 e. The first-order valence-corrected chi connectivity index (χ1v) is 5.91. The van der Waals surface area contributed by atoms with Gasteiger partial charge in [-0.25, -0.2) is 8.78 Å². The standard InChI is InChI=1S/C13H15F2NO3/c14-10-6-5-9(7-11(10)15)8-16-12(17)3-1-2-4-13(18)19/h5-7H,1-4,8H2,(H,16,17)(H,18,19). The molecule has 0 saturated carbocycles. The largest absolute Gasteiger partial charge is 0.481 e. The Morgan fingerprint density at radius 3 is 2.42 bits per heavy atom. The van der Waals surface area contributed by atoms with Crippen LogP contribution in [0.4, 0.5) is 8.78 Å².